The number of nitrogens with one attached hydrogen (secondary N) is 3. The number of carbonyl (C=O) groups excluding carboxylic acids is 4. The van der Waals surface area contributed by atoms with Crippen molar-refractivity contribution in [1.82, 2.24) is 16.0 Å². The van der Waals surface area contributed by atoms with Gasteiger partial charge in [0, 0.05) is 19.4 Å². The number of benzene rings is 1. The number of aliphatic carboxylic acids is 1. The van der Waals surface area contributed by atoms with E-state index in [0.717, 1.165) is 0 Å². The average Bonchev–Trinajstić information content (AvgIpc) is 2.82. The van der Waals surface area contributed by atoms with Crippen molar-refractivity contribution in [2.24, 2.45) is 27.9 Å². The number of carbonyl (C=O) groups is 5. The van der Waals surface area contributed by atoms with Crippen LogP contribution in [0.2, 0.25) is 0 Å². The van der Waals surface area contributed by atoms with Crippen LogP contribution >= 0.6 is 0 Å². The fourth-order valence-electron chi connectivity index (χ4n) is 3.07. The molecule has 0 aromatic heterocycles. The largest absolute Gasteiger partial charge is 0.480 e. The Balaban J connectivity index is 2.66. The first kappa shape index (κ1) is 29.8. The van der Waals surface area contributed by atoms with Gasteiger partial charge in [0.05, 0.1) is 12.6 Å². The minimum Gasteiger partial charge on any atom is -0.480 e. The number of amides is 4. The summed E-state index contributed by atoms with van der Waals surface area (Å²) in [6.45, 7) is -0.281. The van der Waals surface area contributed by atoms with Crippen molar-refractivity contribution in [3.05, 3.63) is 35.9 Å². The van der Waals surface area contributed by atoms with E-state index in [1.165, 1.54) is 0 Å². The molecule has 14 heteroatoms. The first-order valence-electron chi connectivity index (χ1n) is 11.2. The van der Waals surface area contributed by atoms with Crippen LogP contribution in [-0.4, -0.2) is 71.9 Å². The molecule has 198 valence electrons. The molecule has 0 saturated heterocycles. The highest BCUT2D eigenvalue weighted by Gasteiger charge is 2.25. The van der Waals surface area contributed by atoms with Gasteiger partial charge in [-0.15, -0.1) is 0 Å². The SMILES string of the molecule is NC(=O)CCC(NC(=O)C(N)CCCN=C(N)N)C(=O)NCC(=O)NC(Cc1ccccc1)C(=O)O. The van der Waals surface area contributed by atoms with Crippen molar-refractivity contribution < 1.29 is 29.1 Å². The highest BCUT2D eigenvalue weighted by atomic mass is 16.4. The van der Waals surface area contributed by atoms with Gasteiger partial charge in [-0.1, -0.05) is 30.3 Å². The Morgan fingerprint density at radius 2 is 1.58 bits per heavy atom. The minimum atomic E-state index is -1.24. The Morgan fingerprint density at radius 1 is 0.917 bits per heavy atom. The van der Waals surface area contributed by atoms with Crippen LogP contribution in [0.3, 0.4) is 0 Å². The lowest BCUT2D eigenvalue weighted by Crippen LogP contribution is -2.53. The van der Waals surface area contributed by atoms with Gasteiger partial charge in [-0.05, 0) is 24.8 Å². The van der Waals surface area contributed by atoms with Crippen LogP contribution in [0.1, 0.15) is 31.2 Å². The van der Waals surface area contributed by atoms with Gasteiger partial charge in [0.2, 0.25) is 23.6 Å². The Morgan fingerprint density at radius 3 is 2.17 bits per heavy atom. The third-order valence-corrected chi connectivity index (χ3v) is 4.96. The van der Waals surface area contributed by atoms with Crippen LogP contribution < -0.4 is 38.9 Å². The fourth-order valence-corrected chi connectivity index (χ4v) is 3.07. The predicted molar refractivity (Wildman–Crippen MR) is 131 cm³/mol. The second kappa shape index (κ2) is 15.7. The maximum atomic E-state index is 12.6. The van der Waals surface area contributed by atoms with Gasteiger partial charge >= 0.3 is 5.97 Å². The van der Waals surface area contributed by atoms with Crippen LogP contribution in [-0.2, 0) is 30.4 Å². The summed E-state index contributed by atoms with van der Waals surface area (Å²) in [5.41, 5.74) is 22.2. The topological polar surface area (TPSA) is 258 Å². The third kappa shape index (κ3) is 12.3. The summed E-state index contributed by atoms with van der Waals surface area (Å²) >= 11 is 0. The molecule has 3 atom stereocenters. The third-order valence-electron chi connectivity index (χ3n) is 4.96. The number of primary amides is 1. The number of guanidine groups is 1. The molecule has 0 aliphatic heterocycles. The van der Waals surface area contributed by atoms with E-state index in [0.29, 0.717) is 12.0 Å². The number of hydrogen-bond donors (Lipinski definition) is 8. The molecule has 0 fully saturated rings. The minimum absolute atomic E-state index is 0.0498. The fraction of sp³-hybridized carbons (Fsp3) is 0.455. The van der Waals surface area contributed by atoms with Gasteiger partial charge < -0.3 is 44.0 Å². The predicted octanol–water partition coefficient (Wildman–Crippen LogP) is -2.95. The molecule has 4 amide bonds. The summed E-state index contributed by atoms with van der Waals surface area (Å²) in [5.74, 6) is -4.17. The Bertz CT molecular complexity index is 936. The second-order valence-electron chi connectivity index (χ2n) is 7.99. The Labute approximate surface area is 208 Å². The van der Waals surface area contributed by atoms with Crippen molar-refractivity contribution in [1.29, 1.82) is 0 Å². The quantitative estimate of drug-likeness (QED) is 0.0646. The first-order valence-corrected chi connectivity index (χ1v) is 11.2. The van der Waals surface area contributed by atoms with Gasteiger partial charge in [0.1, 0.15) is 12.1 Å². The van der Waals surface area contributed by atoms with E-state index in [1.54, 1.807) is 30.3 Å². The van der Waals surface area contributed by atoms with Crippen LogP contribution in [0.5, 0.6) is 0 Å². The summed E-state index contributed by atoms with van der Waals surface area (Å²) in [4.78, 5) is 63.8. The molecule has 0 bridgehead atoms. The van der Waals surface area contributed by atoms with Crippen LogP contribution in [0.15, 0.2) is 35.3 Å². The highest BCUT2D eigenvalue weighted by molar-refractivity contribution is 5.93. The molecule has 0 saturated carbocycles. The number of carboxylic acid groups (broad SMARTS) is 1. The highest BCUT2D eigenvalue weighted by Crippen LogP contribution is 2.04. The van der Waals surface area contributed by atoms with Crippen molar-refractivity contribution in [3.63, 3.8) is 0 Å². The van der Waals surface area contributed by atoms with Crippen molar-refractivity contribution >= 4 is 35.6 Å². The lowest BCUT2D eigenvalue weighted by molar-refractivity contribution is -0.141. The average molecular weight is 507 g/mol. The van der Waals surface area contributed by atoms with Crippen molar-refractivity contribution in [3.8, 4) is 0 Å². The number of carboxylic acids is 1. The zero-order chi connectivity index (χ0) is 27.1. The molecule has 12 N–H and O–H groups in total. The summed E-state index contributed by atoms with van der Waals surface area (Å²) < 4.78 is 0. The van der Waals surface area contributed by atoms with Gasteiger partial charge in [-0.2, -0.15) is 0 Å². The number of hydrogen-bond acceptors (Lipinski definition) is 7. The molecule has 14 nitrogen and oxygen atoms in total. The monoisotopic (exact) mass is 506 g/mol. The van der Waals surface area contributed by atoms with E-state index < -0.39 is 54.3 Å². The normalized spacial score (nSPS) is 12.9. The Hall–Kier alpha value is -4.20. The summed E-state index contributed by atoms with van der Waals surface area (Å²) in [6.07, 6.45) is 0.364. The molecule has 1 aromatic rings. The van der Waals surface area contributed by atoms with E-state index in [4.69, 9.17) is 22.9 Å². The van der Waals surface area contributed by atoms with E-state index in [-0.39, 0.29) is 38.2 Å². The molecule has 0 radical (unpaired) electrons. The summed E-state index contributed by atoms with van der Waals surface area (Å²) in [7, 11) is 0. The van der Waals surface area contributed by atoms with Crippen LogP contribution in [0, 0.1) is 0 Å². The summed E-state index contributed by atoms with van der Waals surface area (Å²) in [6, 6.07) is 5.34. The Kier molecular flexibility index (Phi) is 13.0. The smallest absolute Gasteiger partial charge is 0.326 e. The first-order chi connectivity index (χ1) is 17.0. The molecule has 0 heterocycles. The zero-order valence-electron chi connectivity index (χ0n) is 19.8. The van der Waals surface area contributed by atoms with Crippen LogP contribution in [0.25, 0.3) is 0 Å². The molecule has 0 spiro atoms. The second-order valence-corrected chi connectivity index (χ2v) is 7.99. The molecule has 3 unspecified atom stereocenters. The molecule has 1 aromatic carbocycles. The maximum Gasteiger partial charge on any atom is 0.326 e. The summed E-state index contributed by atoms with van der Waals surface area (Å²) in [5, 5.41) is 16.5. The molecule has 1 rings (SSSR count). The lowest BCUT2D eigenvalue weighted by Gasteiger charge is -2.21. The van der Waals surface area contributed by atoms with Gasteiger partial charge in [0.15, 0.2) is 5.96 Å². The molecular formula is C22H34N8O6. The number of rotatable bonds is 16. The van der Waals surface area contributed by atoms with Gasteiger partial charge in [0.25, 0.3) is 0 Å². The van der Waals surface area contributed by atoms with E-state index >= 15 is 0 Å². The zero-order valence-corrected chi connectivity index (χ0v) is 19.8. The molecule has 0 aliphatic carbocycles. The van der Waals surface area contributed by atoms with E-state index in [1.807, 2.05) is 0 Å². The molecule has 0 aliphatic rings. The van der Waals surface area contributed by atoms with E-state index in [2.05, 4.69) is 20.9 Å². The number of nitrogens with zero attached hydrogens (tertiary/aromatic N) is 1. The standard InChI is InChI=1S/C22H34N8O6/c23-14(7-4-10-27-22(25)26)19(33)30-15(8-9-17(24)31)20(34)28-12-18(32)29-16(21(35)36)11-13-5-2-1-3-6-13/h1-3,5-6,14-16H,4,7-12,23H2,(H2,24,31)(H,28,34)(H,29,32)(H,30,33)(H,35,36)(H4,25,26,27). The van der Waals surface area contributed by atoms with Gasteiger partial charge in [-0.3, -0.25) is 24.2 Å². The van der Waals surface area contributed by atoms with Gasteiger partial charge in [-0.25, -0.2) is 4.79 Å². The maximum absolute atomic E-state index is 12.6. The van der Waals surface area contributed by atoms with Crippen molar-refractivity contribution in [2.75, 3.05) is 13.1 Å². The molecule has 36 heavy (non-hydrogen) atoms. The van der Waals surface area contributed by atoms with E-state index in [9.17, 15) is 29.1 Å². The van der Waals surface area contributed by atoms with Crippen molar-refractivity contribution in [2.45, 2.75) is 50.2 Å². The van der Waals surface area contributed by atoms with Crippen LogP contribution in [0.4, 0.5) is 0 Å². The number of nitrogens with two attached hydrogens (primary N) is 4. The number of aliphatic imine (C=N–C) groups is 1. The lowest BCUT2D eigenvalue weighted by atomic mass is 10.1. The molecular weight excluding hydrogens is 472 g/mol.